The van der Waals surface area contributed by atoms with Gasteiger partial charge in [-0.2, -0.15) is 0 Å². The van der Waals surface area contributed by atoms with Gasteiger partial charge in [-0.1, -0.05) is 42.1 Å². The summed E-state index contributed by atoms with van der Waals surface area (Å²) in [4.78, 5) is 21.1. The molecule has 0 aliphatic heterocycles. The molecule has 0 unspecified atom stereocenters. The van der Waals surface area contributed by atoms with Crippen LogP contribution in [-0.2, 0) is 4.79 Å². The number of carbonyl (C=O) groups is 1. The Labute approximate surface area is 149 Å². The van der Waals surface area contributed by atoms with Crippen LogP contribution < -0.4 is 5.32 Å². The third kappa shape index (κ3) is 4.33. The van der Waals surface area contributed by atoms with E-state index in [1.165, 1.54) is 23.9 Å². The highest BCUT2D eigenvalue weighted by molar-refractivity contribution is 8.00. The zero-order valence-corrected chi connectivity index (χ0v) is 14.8. The van der Waals surface area contributed by atoms with Gasteiger partial charge in [0.1, 0.15) is 16.7 Å². The Bertz CT molecular complexity index is 899. The van der Waals surface area contributed by atoms with Crippen molar-refractivity contribution < 1.29 is 9.18 Å². The zero-order chi connectivity index (χ0) is 17.8. The van der Waals surface area contributed by atoms with Crippen molar-refractivity contribution in [3.05, 3.63) is 65.7 Å². The minimum Gasteiger partial charge on any atom is -0.349 e. The van der Waals surface area contributed by atoms with Crippen molar-refractivity contribution in [2.75, 3.05) is 5.75 Å². The maximum Gasteiger partial charge on any atom is 0.230 e. The molecule has 0 aliphatic rings. The minimum absolute atomic E-state index is 0.0952. The first-order valence-corrected chi connectivity index (χ1v) is 8.92. The number of carbonyl (C=O) groups excluding carboxylic acids is 1. The van der Waals surface area contributed by atoms with E-state index in [2.05, 4.69) is 15.3 Å². The number of aryl methyl sites for hydroxylation is 1. The maximum atomic E-state index is 13.0. The molecule has 128 valence electrons. The number of para-hydroxylation sites is 1. The smallest absolute Gasteiger partial charge is 0.230 e. The molecule has 0 saturated heterocycles. The first kappa shape index (κ1) is 17.4. The van der Waals surface area contributed by atoms with Crippen molar-refractivity contribution in [3.63, 3.8) is 0 Å². The topological polar surface area (TPSA) is 54.9 Å². The van der Waals surface area contributed by atoms with Crippen LogP contribution in [0.3, 0.4) is 0 Å². The van der Waals surface area contributed by atoms with Crippen molar-refractivity contribution in [3.8, 4) is 0 Å². The molecular formula is C19H18FN3OS. The number of thioether (sulfide) groups is 1. The summed E-state index contributed by atoms with van der Waals surface area (Å²) in [5.74, 6) is 0.554. The summed E-state index contributed by atoms with van der Waals surface area (Å²) in [6.07, 6.45) is 0. The summed E-state index contributed by atoms with van der Waals surface area (Å²) < 4.78 is 13.0. The number of benzene rings is 2. The fraction of sp³-hybridized carbons (Fsp3) is 0.211. The summed E-state index contributed by atoms with van der Waals surface area (Å²) in [5, 5.41) is 4.66. The second-order valence-electron chi connectivity index (χ2n) is 5.72. The highest BCUT2D eigenvalue weighted by atomic mass is 32.2. The summed E-state index contributed by atoms with van der Waals surface area (Å²) >= 11 is 1.39. The van der Waals surface area contributed by atoms with E-state index in [1.54, 1.807) is 12.1 Å². The number of amides is 1. The fourth-order valence-electron chi connectivity index (χ4n) is 2.52. The van der Waals surface area contributed by atoms with E-state index in [-0.39, 0.29) is 23.5 Å². The molecule has 25 heavy (non-hydrogen) atoms. The van der Waals surface area contributed by atoms with Gasteiger partial charge in [0.25, 0.3) is 0 Å². The molecule has 1 atom stereocenters. The molecule has 0 fully saturated rings. The normalized spacial score (nSPS) is 12.1. The lowest BCUT2D eigenvalue weighted by Gasteiger charge is -2.14. The number of nitrogens with zero attached hydrogens (tertiary/aromatic N) is 2. The highest BCUT2D eigenvalue weighted by Gasteiger charge is 2.12. The SMILES string of the molecule is Cc1nc(SCC(=O)N[C@@H](C)c2ccc(F)cc2)c2ccccc2n1. The number of fused-ring (bicyclic) bond motifs is 1. The van der Waals surface area contributed by atoms with Crippen molar-refractivity contribution in [1.82, 2.24) is 15.3 Å². The predicted octanol–water partition coefficient (Wildman–Crippen LogP) is 4.05. The molecule has 1 amide bonds. The number of halogens is 1. The average Bonchev–Trinajstić information content (AvgIpc) is 2.60. The molecule has 1 aromatic heterocycles. The van der Waals surface area contributed by atoms with Crippen LogP contribution in [0.15, 0.2) is 53.6 Å². The van der Waals surface area contributed by atoms with Crippen LogP contribution >= 0.6 is 11.8 Å². The third-order valence-corrected chi connectivity index (χ3v) is 4.76. The van der Waals surface area contributed by atoms with E-state index >= 15 is 0 Å². The van der Waals surface area contributed by atoms with Crippen LogP contribution in [0.25, 0.3) is 10.9 Å². The summed E-state index contributed by atoms with van der Waals surface area (Å²) in [7, 11) is 0. The van der Waals surface area contributed by atoms with E-state index in [1.807, 2.05) is 38.1 Å². The van der Waals surface area contributed by atoms with E-state index in [0.717, 1.165) is 21.5 Å². The zero-order valence-electron chi connectivity index (χ0n) is 14.0. The first-order valence-electron chi connectivity index (χ1n) is 7.94. The molecule has 3 aromatic rings. The van der Waals surface area contributed by atoms with Gasteiger partial charge in [-0.25, -0.2) is 14.4 Å². The van der Waals surface area contributed by atoms with Gasteiger partial charge in [-0.15, -0.1) is 0 Å². The lowest BCUT2D eigenvalue weighted by molar-refractivity contribution is -0.119. The number of aromatic nitrogens is 2. The van der Waals surface area contributed by atoms with Crippen molar-refractivity contribution in [1.29, 1.82) is 0 Å². The van der Waals surface area contributed by atoms with Crippen LogP contribution in [0.5, 0.6) is 0 Å². The standard InChI is InChI=1S/C19H18FN3OS/c1-12(14-7-9-15(20)10-8-14)21-18(24)11-25-19-16-5-3-4-6-17(16)22-13(2)23-19/h3-10,12H,11H2,1-2H3,(H,21,24)/t12-/m0/s1. The number of nitrogens with one attached hydrogen (secondary N) is 1. The first-order chi connectivity index (χ1) is 12.0. The van der Waals surface area contributed by atoms with Gasteiger partial charge in [0.15, 0.2) is 0 Å². The largest absolute Gasteiger partial charge is 0.349 e. The fourth-order valence-corrected chi connectivity index (χ4v) is 3.40. The van der Waals surface area contributed by atoms with Gasteiger partial charge in [0.05, 0.1) is 17.3 Å². The Morgan fingerprint density at radius 2 is 1.88 bits per heavy atom. The van der Waals surface area contributed by atoms with Gasteiger partial charge in [-0.05, 0) is 37.6 Å². The number of hydrogen-bond donors (Lipinski definition) is 1. The molecule has 0 bridgehead atoms. The van der Waals surface area contributed by atoms with Crippen LogP contribution in [0, 0.1) is 12.7 Å². The van der Waals surface area contributed by atoms with Crippen molar-refractivity contribution >= 4 is 28.6 Å². The molecule has 0 radical (unpaired) electrons. The monoisotopic (exact) mass is 355 g/mol. The summed E-state index contributed by atoms with van der Waals surface area (Å²) in [6.45, 7) is 3.72. The van der Waals surface area contributed by atoms with Gasteiger partial charge >= 0.3 is 0 Å². The highest BCUT2D eigenvalue weighted by Crippen LogP contribution is 2.25. The van der Waals surface area contributed by atoms with Crippen LogP contribution in [0.4, 0.5) is 4.39 Å². The Kier molecular flexibility index (Phi) is 5.28. The van der Waals surface area contributed by atoms with E-state index in [4.69, 9.17) is 0 Å². The van der Waals surface area contributed by atoms with Gasteiger partial charge in [0, 0.05) is 5.39 Å². The van der Waals surface area contributed by atoms with E-state index < -0.39 is 0 Å². The second kappa shape index (κ2) is 7.61. The number of hydrogen-bond acceptors (Lipinski definition) is 4. The molecule has 2 aromatic carbocycles. The molecule has 3 rings (SSSR count). The summed E-state index contributed by atoms with van der Waals surface area (Å²) in [6, 6.07) is 13.7. The van der Waals surface area contributed by atoms with E-state index in [0.29, 0.717) is 5.82 Å². The van der Waals surface area contributed by atoms with Crippen LogP contribution in [0.2, 0.25) is 0 Å². The molecular weight excluding hydrogens is 337 g/mol. The van der Waals surface area contributed by atoms with Crippen molar-refractivity contribution in [2.24, 2.45) is 0 Å². The lowest BCUT2D eigenvalue weighted by atomic mass is 10.1. The molecule has 6 heteroatoms. The summed E-state index contributed by atoms with van der Waals surface area (Å²) in [5.41, 5.74) is 1.74. The Morgan fingerprint density at radius 3 is 2.64 bits per heavy atom. The minimum atomic E-state index is -0.288. The van der Waals surface area contributed by atoms with Crippen LogP contribution in [0.1, 0.15) is 24.4 Å². The third-order valence-electron chi connectivity index (χ3n) is 3.77. The van der Waals surface area contributed by atoms with Crippen LogP contribution in [-0.4, -0.2) is 21.6 Å². The van der Waals surface area contributed by atoms with Crippen molar-refractivity contribution in [2.45, 2.75) is 24.9 Å². The Balaban J connectivity index is 1.65. The van der Waals surface area contributed by atoms with Gasteiger partial charge in [0.2, 0.25) is 5.91 Å². The maximum absolute atomic E-state index is 13.0. The Hall–Kier alpha value is -2.47. The molecule has 1 heterocycles. The Morgan fingerprint density at radius 1 is 1.16 bits per heavy atom. The molecule has 1 N–H and O–H groups in total. The molecule has 0 spiro atoms. The molecule has 4 nitrogen and oxygen atoms in total. The lowest BCUT2D eigenvalue weighted by Crippen LogP contribution is -2.28. The quantitative estimate of drug-likeness (QED) is 0.554. The molecule has 0 saturated carbocycles. The second-order valence-corrected chi connectivity index (χ2v) is 6.69. The average molecular weight is 355 g/mol. The van der Waals surface area contributed by atoms with Gasteiger partial charge < -0.3 is 5.32 Å². The van der Waals surface area contributed by atoms with Gasteiger partial charge in [-0.3, -0.25) is 4.79 Å². The number of rotatable bonds is 5. The predicted molar refractivity (Wildman–Crippen MR) is 98.0 cm³/mol. The van der Waals surface area contributed by atoms with E-state index in [9.17, 15) is 9.18 Å². The molecule has 0 aliphatic carbocycles.